The molecule has 0 aromatic heterocycles. The van der Waals surface area contributed by atoms with Gasteiger partial charge >= 0.3 is 12.0 Å². The van der Waals surface area contributed by atoms with Crippen LogP contribution in [0.25, 0.3) is 0 Å². The number of hydrogen-bond acceptors (Lipinski definition) is 4. The molecule has 2 rings (SSSR count). The zero-order chi connectivity index (χ0) is 14.7. The first-order chi connectivity index (χ1) is 9.50. The number of likely N-dealkylation sites (tertiary alicyclic amines) is 1. The Morgan fingerprint density at radius 1 is 1.40 bits per heavy atom. The number of carboxylic acids is 1. The maximum Gasteiger partial charge on any atom is 0.327 e. The third-order valence-corrected chi connectivity index (χ3v) is 5.27. The molecule has 114 valence electrons. The van der Waals surface area contributed by atoms with Gasteiger partial charge in [0.25, 0.3) is 0 Å². The van der Waals surface area contributed by atoms with E-state index in [0.29, 0.717) is 18.3 Å². The SMILES string of the molecule is CC(CNC(=O)N1C(C)SCC1C(=O)O)N1CCCC1. The number of urea groups is 1. The van der Waals surface area contributed by atoms with E-state index in [9.17, 15) is 9.59 Å². The number of carbonyl (C=O) groups excluding carboxylic acids is 1. The van der Waals surface area contributed by atoms with E-state index in [-0.39, 0.29) is 11.4 Å². The second-order valence-electron chi connectivity index (χ2n) is 5.47. The van der Waals surface area contributed by atoms with Crippen LogP contribution < -0.4 is 5.32 Å². The summed E-state index contributed by atoms with van der Waals surface area (Å²) in [5.41, 5.74) is 0. The first-order valence-corrected chi connectivity index (χ1v) is 8.20. The van der Waals surface area contributed by atoms with E-state index in [4.69, 9.17) is 5.11 Å². The number of rotatable bonds is 4. The quantitative estimate of drug-likeness (QED) is 0.811. The van der Waals surface area contributed by atoms with Crippen molar-refractivity contribution < 1.29 is 14.7 Å². The number of carbonyl (C=O) groups is 2. The number of carboxylic acid groups (broad SMARTS) is 1. The minimum Gasteiger partial charge on any atom is -0.480 e. The van der Waals surface area contributed by atoms with Gasteiger partial charge in [0.05, 0.1) is 5.37 Å². The standard InChI is InChI=1S/C13H23N3O3S/c1-9(15-5-3-4-6-15)7-14-13(19)16-10(2)20-8-11(16)12(17)18/h9-11H,3-8H2,1-2H3,(H,14,19)(H,17,18). The van der Waals surface area contributed by atoms with Crippen molar-refractivity contribution in [1.29, 1.82) is 0 Å². The molecule has 0 spiro atoms. The maximum atomic E-state index is 12.2. The van der Waals surface area contributed by atoms with Crippen LogP contribution in [0.4, 0.5) is 4.79 Å². The van der Waals surface area contributed by atoms with Crippen LogP contribution in [0, 0.1) is 0 Å². The molecule has 7 heteroatoms. The highest BCUT2D eigenvalue weighted by molar-refractivity contribution is 8.00. The number of aliphatic carboxylic acids is 1. The van der Waals surface area contributed by atoms with Crippen molar-refractivity contribution in [2.45, 2.75) is 44.1 Å². The largest absolute Gasteiger partial charge is 0.480 e. The van der Waals surface area contributed by atoms with Crippen LogP contribution in [-0.2, 0) is 4.79 Å². The average Bonchev–Trinajstić information content (AvgIpc) is 3.04. The highest BCUT2D eigenvalue weighted by Crippen LogP contribution is 2.28. The van der Waals surface area contributed by atoms with Gasteiger partial charge in [0.2, 0.25) is 0 Å². The van der Waals surface area contributed by atoms with Crippen molar-refractivity contribution in [2.75, 3.05) is 25.4 Å². The maximum absolute atomic E-state index is 12.2. The smallest absolute Gasteiger partial charge is 0.327 e. The van der Waals surface area contributed by atoms with E-state index < -0.39 is 12.0 Å². The van der Waals surface area contributed by atoms with Gasteiger partial charge in [-0.3, -0.25) is 9.80 Å². The van der Waals surface area contributed by atoms with Crippen molar-refractivity contribution in [3.05, 3.63) is 0 Å². The van der Waals surface area contributed by atoms with Crippen LogP contribution in [0.1, 0.15) is 26.7 Å². The third-order valence-electron chi connectivity index (χ3n) is 4.06. The number of amides is 2. The van der Waals surface area contributed by atoms with Crippen molar-refractivity contribution in [3.8, 4) is 0 Å². The number of nitrogens with one attached hydrogen (secondary N) is 1. The summed E-state index contributed by atoms with van der Waals surface area (Å²) in [4.78, 5) is 27.2. The van der Waals surface area contributed by atoms with Crippen molar-refractivity contribution in [1.82, 2.24) is 15.1 Å². The van der Waals surface area contributed by atoms with Crippen molar-refractivity contribution in [2.24, 2.45) is 0 Å². The Morgan fingerprint density at radius 2 is 2.05 bits per heavy atom. The number of hydrogen-bond donors (Lipinski definition) is 2. The predicted molar refractivity (Wildman–Crippen MR) is 78.9 cm³/mol. The Bertz CT molecular complexity index is 374. The molecule has 2 N–H and O–H groups in total. The van der Waals surface area contributed by atoms with Gasteiger partial charge in [-0.05, 0) is 39.8 Å². The molecule has 0 bridgehead atoms. The molecular formula is C13H23N3O3S. The molecule has 2 heterocycles. The first-order valence-electron chi connectivity index (χ1n) is 7.15. The summed E-state index contributed by atoms with van der Waals surface area (Å²) < 4.78 is 0. The third kappa shape index (κ3) is 3.38. The zero-order valence-electron chi connectivity index (χ0n) is 12.0. The van der Waals surface area contributed by atoms with E-state index in [1.54, 1.807) is 0 Å². The van der Waals surface area contributed by atoms with Gasteiger partial charge in [-0.2, -0.15) is 0 Å². The summed E-state index contributed by atoms with van der Waals surface area (Å²) >= 11 is 1.50. The lowest BCUT2D eigenvalue weighted by molar-refractivity contribution is -0.141. The molecule has 0 aliphatic carbocycles. The molecule has 20 heavy (non-hydrogen) atoms. The van der Waals surface area contributed by atoms with E-state index >= 15 is 0 Å². The highest BCUT2D eigenvalue weighted by Gasteiger charge is 2.39. The summed E-state index contributed by atoms with van der Waals surface area (Å²) in [6, 6.07) is -0.673. The molecule has 6 nitrogen and oxygen atoms in total. The van der Waals surface area contributed by atoms with Gasteiger partial charge in [-0.25, -0.2) is 9.59 Å². The molecule has 3 atom stereocenters. The lowest BCUT2D eigenvalue weighted by Gasteiger charge is -2.28. The average molecular weight is 301 g/mol. The fourth-order valence-corrected chi connectivity index (χ4v) is 3.95. The van der Waals surface area contributed by atoms with Crippen LogP contribution in [0.15, 0.2) is 0 Å². The fourth-order valence-electron chi connectivity index (χ4n) is 2.78. The Morgan fingerprint density at radius 3 is 2.65 bits per heavy atom. The molecule has 0 radical (unpaired) electrons. The van der Waals surface area contributed by atoms with Crippen LogP contribution in [0.5, 0.6) is 0 Å². The van der Waals surface area contributed by atoms with Crippen molar-refractivity contribution >= 4 is 23.8 Å². The van der Waals surface area contributed by atoms with Crippen LogP contribution in [0.3, 0.4) is 0 Å². The van der Waals surface area contributed by atoms with Crippen LogP contribution >= 0.6 is 11.8 Å². The van der Waals surface area contributed by atoms with E-state index in [0.717, 1.165) is 13.1 Å². The van der Waals surface area contributed by atoms with Crippen LogP contribution in [-0.4, -0.2) is 69.8 Å². The lowest BCUT2D eigenvalue weighted by Crippen LogP contribution is -2.51. The van der Waals surface area contributed by atoms with Gasteiger partial charge in [0.15, 0.2) is 0 Å². The number of nitrogens with zero attached hydrogens (tertiary/aromatic N) is 2. The Hall–Kier alpha value is -0.950. The van der Waals surface area contributed by atoms with Gasteiger partial charge in [0, 0.05) is 18.3 Å². The minimum absolute atomic E-state index is 0.0850. The molecule has 2 amide bonds. The van der Waals surface area contributed by atoms with Gasteiger partial charge in [-0.1, -0.05) is 0 Å². The Balaban J connectivity index is 1.85. The molecule has 2 fully saturated rings. The molecule has 3 unspecified atom stereocenters. The summed E-state index contributed by atoms with van der Waals surface area (Å²) in [7, 11) is 0. The van der Waals surface area contributed by atoms with Crippen LogP contribution in [0.2, 0.25) is 0 Å². The zero-order valence-corrected chi connectivity index (χ0v) is 12.9. The fraction of sp³-hybridized carbons (Fsp3) is 0.846. The second kappa shape index (κ2) is 6.67. The van der Waals surface area contributed by atoms with Crippen molar-refractivity contribution in [3.63, 3.8) is 0 Å². The van der Waals surface area contributed by atoms with Gasteiger partial charge in [0.1, 0.15) is 6.04 Å². The first kappa shape index (κ1) is 15.4. The van der Waals surface area contributed by atoms with Gasteiger partial charge in [-0.15, -0.1) is 11.8 Å². The molecule has 0 aromatic rings. The Labute approximate surface area is 123 Å². The topological polar surface area (TPSA) is 72.9 Å². The molecule has 2 aliphatic heterocycles. The summed E-state index contributed by atoms with van der Waals surface area (Å²) in [5, 5.41) is 12.0. The molecule has 0 aromatic carbocycles. The molecule has 2 saturated heterocycles. The van der Waals surface area contributed by atoms with E-state index in [1.165, 1.54) is 29.5 Å². The predicted octanol–water partition coefficient (Wildman–Crippen LogP) is 1.03. The highest BCUT2D eigenvalue weighted by atomic mass is 32.2. The molecule has 2 aliphatic rings. The van der Waals surface area contributed by atoms with E-state index in [1.807, 2.05) is 6.92 Å². The van der Waals surface area contributed by atoms with Gasteiger partial charge < -0.3 is 10.4 Å². The molecule has 0 saturated carbocycles. The normalized spacial score (nSPS) is 28.6. The second-order valence-corrected chi connectivity index (χ2v) is 6.82. The lowest BCUT2D eigenvalue weighted by atomic mass is 10.3. The van der Waals surface area contributed by atoms with E-state index in [2.05, 4.69) is 17.1 Å². The molecular weight excluding hydrogens is 278 g/mol. The summed E-state index contributed by atoms with van der Waals surface area (Å²) in [6.07, 6.45) is 2.44. The monoisotopic (exact) mass is 301 g/mol. The summed E-state index contributed by atoms with van der Waals surface area (Å²) in [6.45, 7) is 6.72. The summed E-state index contributed by atoms with van der Waals surface area (Å²) in [5.74, 6) is -0.462. The minimum atomic E-state index is -0.926. The Kier molecular flexibility index (Phi) is 5.15. The number of thioether (sulfide) groups is 1.